The molecule has 2 aliphatic carbocycles. The molecular formula is C70H34N4O. The van der Waals surface area contributed by atoms with E-state index in [2.05, 4.69) is 167 Å². The molecule has 13 aromatic rings. The highest BCUT2D eigenvalue weighted by Crippen LogP contribution is 2.65. The lowest BCUT2D eigenvalue weighted by Gasteiger charge is -2.22. The summed E-state index contributed by atoms with van der Waals surface area (Å²) in [6.07, 6.45) is 0. The van der Waals surface area contributed by atoms with Gasteiger partial charge in [0.05, 0.1) is 36.4 Å². The van der Waals surface area contributed by atoms with Crippen molar-refractivity contribution in [3.05, 3.63) is 240 Å². The van der Waals surface area contributed by atoms with E-state index in [4.69, 9.17) is 17.6 Å². The Morgan fingerprint density at radius 1 is 0.320 bits per heavy atom. The van der Waals surface area contributed by atoms with Crippen molar-refractivity contribution in [1.29, 1.82) is 10.5 Å². The summed E-state index contributed by atoms with van der Waals surface area (Å²) in [7, 11) is 0. The fraction of sp³-hybridized carbons (Fsp3) is 0. The zero-order valence-corrected chi connectivity index (χ0v) is 39.8. The molecule has 12 aromatic carbocycles. The third-order valence-electron chi connectivity index (χ3n) is 15.6. The van der Waals surface area contributed by atoms with Crippen LogP contribution < -0.4 is 0 Å². The predicted octanol–water partition coefficient (Wildman–Crippen LogP) is 19.5. The quantitative estimate of drug-likeness (QED) is 0.161. The van der Waals surface area contributed by atoms with Crippen LogP contribution in [0.25, 0.3) is 164 Å². The van der Waals surface area contributed by atoms with Crippen molar-refractivity contribution >= 4 is 65.6 Å². The molecule has 0 radical (unpaired) electrons. The van der Waals surface area contributed by atoms with Crippen LogP contribution in [0, 0.1) is 35.8 Å². The first-order valence-electron chi connectivity index (χ1n) is 24.8. The van der Waals surface area contributed by atoms with Crippen LogP contribution in [0.15, 0.2) is 211 Å². The standard InChI is InChI=1S/C70H34N4O/c1-73-57-32-24-39(37-71)34-55(57)62-46-19-9-10-20-47(46)63(56-35-40(38-72)25-33-58(56)74-2)69-53-31-29-51-64-50(28-30-52(65(53)64)68(62)69)66-60(41-14-5-3-6-15-41)48-27-26-43(36-54(48)61(67(51)66)42-16-7-4-8-17-42)44-21-13-22-49-45-18-11-12-23-59(45)75-70(44)49/h3-36H. The van der Waals surface area contributed by atoms with Gasteiger partial charge in [-0.1, -0.05) is 182 Å². The fourth-order valence-corrected chi connectivity index (χ4v) is 12.7. The lowest BCUT2D eigenvalue weighted by molar-refractivity contribution is 0.670. The van der Waals surface area contributed by atoms with E-state index < -0.39 is 0 Å². The lowest BCUT2D eigenvalue weighted by atomic mass is 9.80. The summed E-state index contributed by atoms with van der Waals surface area (Å²) in [5.74, 6) is 0. The third kappa shape index (κ3) is 5.79. The molecule has 15 rings (SSSR count). The minimum atomic E-state index is 0.436. The predicted molar refractivity (Wildman–Crippen MR) is 304 cm³/mol. The van der Waals surface area contributed by atoms with Gasteiger partial charge in [0.2, 0.25) is 0 Å². The Balaban J connectivity index is 1.10. The van der Waals surface area contributed by atoms with Gasteiger partial charge in [0.1, 0.15) is 11.2 Å². The van der Waals surface area contributed by atoms with Crippen LogP contribution in [-0.2, 0) is 0 Å². The van der Waals surface area contributed by atoms with Crippen molar-refractivity contribution < 1.29 is 4.42 Å². The number of fused-ring (bicyclic) bond motifs is 11. The summed E-state index contributed by atoms with van der Waals surface area (Å²) in [6, 6.07) is 75.5. The molecule has 1 heterocycles. The molecule has 75 heavy (non-hydrogen) atoms. The SMILES string of the molecule is [C-]#[N+]c1ccc(C#N)cc1-c1c2c(c(-c3cc(C#N)ccc3[N+]#[C-])c3ccccc13)-c1ccc3c4c(ccc-2c14)-c1c-3c(-c2ccccc2)c2cc(-c3cccc4c3oc3ccccc34)ccc2c1-c1ccccc1. The molecular weight excluding hydrogens is 913 g/mol. The first-order chi connectivity index (χ1) is 37.1. The normalized spacial score (nSPS) is 11.7. The molecule has 340 valence electrons. The van der Waals surface area contributed by atoms with Crippen molar-refractivity contribution in [1.82, 2.24) is 0 Å². The van der Waals surface area contributed by atoms with Crippen LogP contribution in [0.2, 0.25) is 0 Å². The number of furan rings is 1. The number of benzene rings is 12. The Hall–Kier alpha value is -10.8. The van der Waals surface area contributed by atoms with Gasteiger partial charge in [-0.25, -0.2) is 9.69 Å². The molecule has 5 nitrogen and oxygen atoms in total. The molecule has 0 bridgehead atoms. The van der Waals surface area contributed by atoms with Crippen LogP contribution in [0.3, 0.4) is 0 Å². The molecule has 0 saturated heterocycles. The average molecular weight is 947 g/mol. The molecule has 0 unspecified atom stereocenters. The Morgan fingerprint density at radius 3 is 1.29 bits per heavy atom. The van der Waals surface area contributed by atoms with E-state index in [1.165, 1.54) is 0 Å². The van der Waals surface area contributed by atoms with Crippen LogP contribution in [-0.4, -0.2) is 0 Å². The molecule has 0 saturated carbocycles. The third-order valence-corrected chi connectivity index (χ3v) is 15.6. The molecule has 0 N–H and O–H groups in total. The van der Waals surface area contributed by atoms with E-state index in [1.807, 2.05) is 36.4 Å². The molecule has 0 spiro atoms. The minimum Gasteiger partial charge on any atom is -0.455 e. The largest absolute Gasteiger partial charge is 0.455 e. The molecule has 0 atom stereocenters. The molecule has 2 aliphatic rings. The van der Waals surface area contributed by atoms with Gasteiger partial charge in [0.15, 0.2) is 11.4 Å². The van der Waals surface area contributed by atoms with E-state index in [0.29, 0.717) is 33.6 Å². The fourth-order valence-electron chi connectivity index (χ4n) is 12.7. The summed E-state index contributed by atoms with van der Waals surface area (Å²) in [6.45, 7) is 16.9. The lowest BCUT2D eigenvalue weighted by Crippen LogP contribution is -1.95. The van der Waals surface area contributed by atoms with Crippen molar-refractivity contribution in [3.63, 3.8) is 0 Å². The van der Waals surface area contributed by atoms with Crippen LogP contribution in [0.1, 0.15) is 11.1 Å². The average Bonchev–Trinajstić information content (AvgIpc) is 4.18. The Labute approximate surface area is 430 Å². The highest BCUT2D eigenvalue weighted by atomic mass is 16.3. The number of nitriles is 2. The minimum absolute atomic E-state index is 0.436. The highest BCUT2D eigenvalue weighted by molar-refractivity contribution is 6.36. The van der Waals surface area contributed by atoms with E-state index in [-0.39, 0.29) is 0 Å². The number of nitrogens with zero attached hydrogens (tertiary/aromatic N) is 4. The molecule has 0 aliphatic heterocycles. The first-order valence-corrected chi connectivity index (χ1v) is 24.8. The van der Waals surface area contributed by atoms with E-state index in [0.717, 1.165) is 143 Å². The van der Waals surface area contributed by atoms with E-state index in [9.17, 15) is 10.5 Å². The van der Waals surface area contributed by atoms with Crippen molar-refractivity contribution in [2.75, 3.05) is 0 Å². The smallest absolute Gasteiger partial charge is 0.195 e. The van der Waals surface area contributed by atoms with Crippen LogP contribution in [0.4, 0.5) is 11.4 Å². The highest BCUT2D eigenvalue weighted by Gasteiger charge is 2.38. The second kappa shape index (κ2) is 15.8. The number of hydrogen-bond acceptors (Lipinski definition) is 3. The summed E-state index contributed by atoms with van der Waals surface area (Å²) in [5, 5.41) is 29.1. The van der Waals surface area contributed by atoms with E-state index in [1.54, 1.807) is 24.3 Å². The summed E-state index contributed by atoms with van der Waals surface area (Å²) in [5.41, 5.74) is 21.5. The first kappa shape index (κ1) is 41.9. The maximum atomic E-state index is 10.3. The number of hydrogen-bond donors (Lipinski definition) is 0. The van der Waals surface area contributed by atoms with E-state index >= 15 is 0 Å². The maximum absolute atomic E-state index is 10.3. The zero-order valence-electron chi connectivity index (χ0n) is 39.8. The Morgan fingerprint density at radius 2 is 0.773 bits per heavy atom. The second-order valence-corrected chi connectivity index (χ2v) is 19.3. The van der Waals surface area contributed by atoms with Crippen LogP contribution in [0.5, 0.6) is 0 Å². The van der Waals surface area contributed by atoms with Crippen molar-refractivity contribution in [3.8, 4) is 112 Å². The topological polar surface area (TPSA) is 69.4 Å². The maximum Gasteiger partial charge on any atom is 0.195 e. The zero-order chi connectivity index (χ0) is 50.1. The van der Waals surface area contributed by atoms with Gasteiger partial charge in [-0.05, 0) is 151 Å². The Kier molecular flexibility index (Phi) is 8.85. The second-order valence-electron chi connectivity index (χ2n) is 19.3. The Bertz CT molecular complexity index is 4790. The summed E-state index contributed by atoms with van der Waals surface area (Å²) in [4.78, 5) is 8.12. The van der Waals surface area contributed by atoms with Gasteiger partial charge < -0.3 is 4.42 Å². The van der Waals surface area contributed by atoms with Gasteiger partial charge >= 0.3 is 0 Å². The number of rotatable bonds is 5. The van der Waals surface area contributed by atoms with Crippen molar-refractivity contribution in [2.24, 2.45) is 0 Å². The van der Waals surface area contributed by atoms with Gasteiger partial charge in [-0.3, -0.25) is 0 Å². The van der Waals surface area contributed by atoms with Gasteiger partial charge in [-0.15, -0.1) is 0 Å². The molecule has 0 amide bonds. The summed E-state index contributed by atoms with van der Waals surface area (Å²) < 4.78 is 6.66. The van der Waals surface area contributed by atoms with Gasteiger partial charge in [-0.2, -0.15) is 10.5 Å². The van der Waals surface area contributed by atoms with Crippen LogP contribution >= 0.6 is 0 Å². The number of para-hydroxylation sites is 2. The molecule has 5 heteroatoms. The summed E-state index contributed by atoms with van der Waals surface area (Å²) >= 11 is 0. The molecule has 0 fully saturated rings. The molecule has 1 aromatic heterocycles. The van der Waals surface area contributed by atoms with Gasteiger partial charge in [0.25, 0.3) is 0 Å². The van der Waals surface area contributed by atoms with Gasteiger partial charge in [0, 0.05) is 16.3 Å². The monoisotopic (exact) mass is 946 g/mol. The van der Waals surface area contributed by atoms with Crippen molar-refractivity contribution in [2.45, 2.75) is 0 Å².